The molecule has 0 amide bonds. The summed E-state index contributed by atoms with van der Waals surface area (Å²) in [5, 5.41) is 3.02. The maximum Gasteiger partial charge on any atom is 0.187 e. The molecule has 0 fully saturated rings. The van der Waals surface area contributed by atoms with Crippen molar-refractivity contribution in [2.24, 2.45) is 0 Å². The molecule has 4 nitrogen and oxygen atoms in total. The molecule has 0 saturated carbocycles. The maximum atomic E-state index is 12.4. The van der Waals surface area contributed by atoms with Crippen LogP contribution in [0.15, 0.2) is 48.5 Å². The van der Waals surface area contributed by atoms with E-state index in [1.165, 1.54) is 6.08 Å². The zero-order valence-electron chi connectivity index (χ0n) is 12.9. The van der Waals surface area contributed by atoms with E-state index < -0.39 is 0 Å². The summed E-state index contributed by atoms with van der Waals surface area (Å²) in [6.07, 6.45) is 3.24. The van der Waals surface area contributed by atoms with Crippen molar-refractivity contribution in [2.45, 2.75) is 0 Å². The van der Waals surface area contributed by atoms with Crippen LogP contribution in [0.25, 0.3) is 6.08 Å². The number of anilines is 1. The number of para-hydroxylation sites is 1. The van der Waals surface area contributed by atoms with E-state index in [1.54, 1.807) is 33.4 Å². The largest absolute Gasteiger partial charge is 0.496 e. The molecule has 0 unspecified atom stereocenters. The minimum absolute atomic E-state index is 0.0853. The Morgan fingerprint density at radius 3 is 2.23 bits per heavy atom. The third-order valence-corrected chi connectivity index (χ3v) is 3.33. The summed E-state index contributed by atoms with van der Waals surface area (Å²) in [7, 11) is 4.97. The minimum atomic E-state index is -0.0853. The van der Waals surface area contributed by atoms with Crippen LogP contribution in [0, 0.1) is 0 Å². The Hall–Kier alpha value is -2.75. The van der Waals surface area contributed by atoms with Crippen molar-refractivity contribution < 1.29 is 14.3 Å². The number of allylic oxidation sites excluding steroid dienone is 1. The molecule has 0 radical (unpaired) electrons. The molecule has 2 rings (SSSR count). The summed E-state index contributed by atoms with van der Waals surface area (Å²) in [6, 6.07) is 12.9. The second kappa shape index (κ2) is 7.31. The van der Waals surface area contributed by atoms with Gasteiger partial charge in [-0.15, -0.1) is 0 Å². The highest BCUT2D eigenvalue weighted by Crippen LogP contribution is 2.29. The molecule has 0 spiro atoms. The van der Waals surface area contributed by atoms with E-state index in [4.69, 9.17) is 9.47 Å². The summed E-state index contributed by atoms with van der Waals surface area (Å²) < 4.78 is 10.6. The summed E-state index contributed by atoms with van der Waals surface area (Å²) in [6.45, 7) is 0. The van der Waals surface area contributed by atoms with Gasteiger partial charge in [0.15, 0.2) is 5.78 Å². The summed E-state index contributed by atoms with van der Waals surface area (Å²) in [4.78, 5) is 12.4. The average molecular weight is 297 g/mol. The van der Waals surface area contributed by atoms with Gasteiger partial charge in [0, 0.05) is 18.3 Å². The molecular formula is C18H19NO3. The monoisotopic (exact) mass is 297 g/mol. The topological polar surface area (TPSA) is 47.6 Å². The van der Waals surface area contributed by atoms with Crippen molar-refractivity contribution in [3.63, 3.8) is 0 Å². The fourth-order valence-corrected chi connectivity index (χ4v) is 2.21. The Kier molecular flexibility index (Phi) is 5.20. The molecule has 0 heterocycles. The number of carbonyl (C=O) groups excluding carboxylic acids is 1. The van der Waals surface area contributed by atoms with Crippen LogP contribution in [0.2, 0.25) is 0 Å². The molecule has 0 bridgehead atoms. The summed E-state index contributed by atoms with van der Waals surface area (Å²) in [5.41, 5.74) is 2.15. The molecule has 0 atom stereocenters. The van der Waals surface area contributed by atoms with Crippen molar-refractivity contribution in [3.8, 4) is 11.5 Å². The quantitative estimate of drug-likeness (QED) is 0.653. The van der Waals surface area contributed by atoms with E-state index in [2.05, 4.69) is 5.32 Å². The number of ketones is 1. The smallest absolute Gasteiger partial charge is 0.187 e. The van der Waals surface area contributed by atoms with Crippen LogP contribution < -0.4 is 14.8 Å². The third kappa shape index (κ3) is 3.28. The number of hydrogen-bond donors (Lipinski definition) is 1. The first-order chi connectivity index (χ1) is 10.7. The number of rotatable bonds is 6. The van der Waals surface area contributed by atoms with Gasteiger partial charge in [-0.2, -0.15) is 0 Å². The van der Waals surface area contributed by atoms with E-state index >= 15 is 0 Å². The van der Waals surface area contributed by atoms with Gasteiger partial charge in [0.25, 0.3) is 0 Å². The van der Waals surface area contributed by atoms with E-state index in [0.29, 0.717) is 17.1 Å². The van der Waals surface area contributed by atoms with Gasteiger partial charge in [-0.1, -0.05) is 18.2 Å². The van der Waals surface area contributed by atoms with Crippen LogP contribution in [0.3, 0.4) is 0 Å². The summed E-state index contributed by atoms with van der Waals surface area (Å²) in [5.74, 6) is 1.23. The predicted octanol–water partition coefficient (Wildman–Crippen LogP) is 3.64. The Morgan fingerprint density at radius 2 is 1.64 bits per heavy atom. The lowest BCUT2D eigenvalue weighted by atomic mass is 10.1. The Morgan fingerprint density at radius 1 is 1.00 bits per heavy atom. The number of carbonyl (C=O) groups is 1. The zero-order chi connectivity index (χ0) is 15.9. The average Bonchev–Trinajstić information content (AvgIpc) is 2.59. The van der Waals surface area contributed by atoms with E-state index in [-0.39, 0.29) is 5.78 Å². The fraction of sp³-hybridized carbons (Fsp3) is 0.167. The highest BCUT2D eigenvalue weighted by Gasteiger charge is 2.09. The number of nitrogens with one attached hydrogen (secondary N) is 1. The van der Waals surface area contributed by atoms with Gasteiger partial charge < -0.3 is 14.8 Å². The molecule has 114 valence electrons. The Labute approximate surface area is 130 Å². The van der Waals surface area contributed by atoms with Gasteiger partial charge in [-0.3, -0.25) is 4.79 Å². The van der Waals surface area contributed by atoms with Crippen LogP contribution in [-0.2, 0) is 0 Å². The molecule has 0 saturated heterocycles. The molecule has 2 aromatic rings. The molecule has 4 heteroatoms. The SMILES string of the molecule is CNc1ccccc1C(=O)C=Cc1c(OC)cccc1OC. The Balaban J connectivity index is 2.34. The van der Waals surface area contributed by atoms with E-state index in [0.717, 1.165) is 11.3 Å². The van der Waals surface area contributed by atoms with Crippen molar-refractivity contribution in [1.29, 1.82) is 0 Å². The van der Waals surface area contributed by atoms with Gasteiger partial charge in [0.1, 0.15) is 11.5 Å². The Bertz CT molecular complexity index is 670. The van der Waals surface area contributed by atoms with Crippen LogP contribution >= 0.6 is 0 Å². The summed E-state index contributed by atoms with van der Waals surface area (Å²) >= 11 is 0. The number of ether oxygens (including phenoxy) is 2. The zero-order valence-corrected chi connectivity index (χ0v) is 12.9. The highest BCUT2D eigenvalue weighted by atomic mass is 16.5. The highest BCUT2D eigenvalue weighted by molar-refractivity contribution is 6.10. The molecule has 1 N–H and O–H groups in total. The van der Waals surface area contributed by atoms with Crippen molar-refractivity contribution in [3.05, 3.63) is 59.7 Å². The van der Waals surface area contributed by atoms with Crippen molar-refractivity contribution in [1.82, 2.24) is 0 Å². The second-order valence-corrected chi connectivity index (χ2v) is 4.57. The third-order valence-electron chi connectivity index (χ3n) is 3.33. The lowest BCUT2D eigenvalue weighted by Gasteiger charge is -2.09. The van der Waals surface area contributed by atoms with Gasteiger partial charge in [-0.25, -0.2) is 0 Å². The lowest BCUT2D eigenvalue weighted by molar-refractivity contribution is 0.104. The molecule has 0 aliphatic heterocycles. The van der Waals surface area contributed by atoms with Gasteiger partial charge in [0.05, 0.1) is 19.8 Å². The van der Waals surface area contributed by atoms with Crippen molar-refractivity contribution >= 4 is 17.5 Å². The number of hydrogen-bond acceptors (Lipinski definition) is 4. The molecule has 0 aromatic heterocycles. The first kappa shape index (κ1) is 15.6. The first-order valence-corrected chi connectivity index (χ1v) is 6.91. The van der Waals surface area contributed by atoms with E-state index in [1.807, 2.05) is 36.4 Å². The van der Waals surface area contributed by atoms with Crippen LogP contribution in [0.1, 0.15) is 15.9 Å². The number of methoxy groups -OCH3 is 2. The van der Waals surface area contributed by atoms with Gasteiger partial charge in [0.2, 0.25) is 0 Å². The van der Waals surface area contributed by atoms with Crippen molar-refractivity contribution in [2.75, 3.05) is 26.6 Å². The maximum absolute atomic E-state index is 12.4. The lowest BCUT2D eigenvalue weighted by Crippen LogP contribution is -2.01. The second-order valence-electron chi connectivity index (χ2n) is 4.57. The van der Waals surface area contributed by atoms with E-state index in [9.17, 15) is 4.79 Å². The van der Waals surface area contributed by atoms with Crippen LogP contribution in [-0.4, -0.2) is 27.1 Å². The van der Waals surface area contributed by atoms with Crippen LogP contribution in [0.4, 0.5) is 5.69 Å². The predicted molar refractivity (Wildman–Crippen MR) is 88.9 cm³/mol. The van der Waals surface area contributed by atoms with Gasteiger partial charge >= 0.3 is 0 Å². The molecule has 2 aromatic carbocycles. The molecule has 22 heavy (non-hydrogen) atoms. The molecular weight excluding hydrogens is 278 g/mol. The molecule has 0 aliphatic rings. The number of benzene rings is 2. The fourth-order valence-electron chi connectivity index (χ4n) is 2.21. The normalized spacial score (nSPS) is 10.5. The molecule has 0 aliphatic carbocycles. The minimum Gasteiger partial charge on any atom is -0.496 e. The standard InChI is InChI=1S/C18H19NO3/c1-19-15-8-5-4-7-13(15)16(20)12-11-14-17(21-2)9-6-10-18(14)22-3/h4-12,19H,1-3H3. The first-order valence-electron chi connectivity index (χ1n) is 6.91. The van der Waals surface area contributed by atoms with Gasteiger partial charge in [-0.05, 0) is 36.4 Å². The van der Waals surface area contributed by atoms with Crippen LogP contribution in [0.5, 0.6) is 11.5 Å².